The largest absolute Gasteiger partial charge is 0.409 e. The summed E-state index contributed by atoms with van der Waals surface area (Å²) in [5.41, 5.74) is 5.37. The van der Waals surface area contributed by atoms with Gasteiger partial charge < -0.3 is 16.3 Å². The topological polar surface area (TPSA) is 70.6 Å². The second-order valence-corrected chi connectivity index (χ2v) is 4.74. The first-order valence-corrected chi connectivity index (χ1v) is 6.50. The molecule has 0 bridgehead atoms. The van der Waals surface area contributed by atoms with Gasteiger partial charge in [-0.15, -0.1) is 0 Å². The Balaban J connectivity index is 1.81. The molecule has 94 valence electrons. The number of hydrogen-bond acceptors (Lipinski definition) is 3. The molecule has 1 saturated carbocycles. The van der Waals surface area contributed by atoms with Crippen molar-refractivity contribution in [2.45, 2.75) is 51.4 Å². The molecule has 1 rings (SSSR count). The van der Waals surface area contributed by atoms with Crippen molar-refractivity contribution >= 4 is 5.84 Å². The Bertz CT molecular complexity index is 200. The summed E-state index contributed by atoms with van der Waals surface area (Å²) in [5.74, 6) is 1.33. The van der Waals surface area contributed by atoms with Crippen molar-refractivity contribution in [3.8, 4) is 0 Å². The second kappa shape index (κ2) is 8.39. The first-order chi connectivity index (χ1) is 7.83. The first kappa shape index (κ1) is 13.3. The smallest absolute Gasteiger partial charge is 0.139 e. The summed E-state index contributed by atoms with van der Waals surface area (Å²) < 4.78 is 0. The lowest BCUT2D eigenvalue weighted by Gasteiger charge is -2.08. The molecule has 0 amide bonds. The molecule has 4 nitrogen and oxygen atoms in total. The van der Waals surface area contributed by atoms with E-state index in [9.17, 15) is 0 Å². The van der Waals surface area contributed by atoms with Gasteiger partial charge in [0.15, 0.2) is 0 Å². The lowest BCUT2D eigenvalue weighted by molar-refractivity contribution is 0.316. The molecular formula is C12H25N3O. The van der Waals surface area contributed by atoms with Crippen LogP contribution in [-0.4, -0.2) is 24.1 Å². The van der Waals surface area contributed by atoms with E-state index in [1.807, 2.05) is 0 Å². The number of nitrogens with one attached hydrogen (secondary N) is 1. The maximum atomic E-state index is 8.34. The summed E-state index contributed by atoms with van der Waals surface area (Å²) in [6, 6.07) is 0. The third-order valence-electron chi connectivity index (χ3n) is 3.36. The summed E-state index contributed by atoms with van der Waals surface area (Å²) in [5, 5.41) is 14.7. The van der Waals surface area contributed by atoms with Gasteiger partial charge in [-0.05, 0) is 38.3 Å². The van der Waals surface area contributed by atoms with Crippen molar-refractivity contribution in [2.75, 3.05) is 13.1 Å². The molecule has 4 heteroatoms. The predicted molar refractivity (Wildman–Crippen MR) is 66.7 cm³/mol. The number of hydrogen-bond donors (Lipinski definition) is 3. The quantitative estimate of drug-likeness (QED) is 0.195. The summed E-state index contributed by atoms with van der Waals surface area (Å²) >= 11 is 0. The molecule has 0 heterocycles. The Hall–Kier alpha value is -0.770. The summed E-state index contributed by atoms with van der Waals surface area (Å²) in [7, 11) is 0. The summed E-state index contributed by atoms with van der Waals surface area (Å²) in [4.78, 5) is 0. The van der Waals surface area contributed by atoms with Gasteiger partial charge in [-0.1, -0.05) is 30.8 Å². The van der Waals surface area contributed by atoms with Gasteiger partial charge in [0.1, 0.15) is 5.84 Å². The van der Waals surface area contributed by atoms with Crippen molar-refractivity contribution in [3.05, 3.63) is 0 Å². The molecule has 0 unspecified atom stereocenters. The van der Waals surface area contributed by atoms with Crippen molar-refractivity contribution in [2.24, 2.45) is 16.8 Å². The van der Waals surface area contributed by atoms with Gasteiger partial charge >= 0.3 is 0 Å². The lowest BCUT2D eigenvalue weighted by atomic mass is 10.0. The van der Waals surface area contributed by atoms with Crippen LogP contribution in [0.1, 0.15) is 51.4 Å². The molecule has 1 aliphatic carbocycles. The molecule has 16 heavy (non-hydrogen) atoms. The number of oxime groups is 1. The molecule has 0 saturated heterocycles. The number of amidine groups is 1. The van der Waals surface area contributed by atoms with Crippen LogP contribution in [0.15, 0.2) is 5.16 Å². The Morgan fingerprint density at radius 1 is 1.25 bits per heavy atom. The minimum atomic E-state index is 0.327. The van der Waals surface area contributed by atoms with Crippen molar-refractivity contribution in [1.82, 2.24) is 5.32 Å². The molecule has 0 aromatic carbocycles. The van der Waals surface area contributed by atoms with Crippen molar-refractivity contribution in [1.29, 1.82) is 0 Å². The van der Waals surface area contributed by atoms with Gasteiger partial charge in [0.05, 0.1) is 0 Å². The SMILES string of the molecule is NC(CCCNCCCC1CCCC1)=NO. The van der Waals surface area contributed by atoms with E-state index in [-0.39, 0.29) is 0 Å². The average Bonchev–Trinajstić information content (AvgIpc) is 2.80. The summed E-state index contributed by atoms with van der Waals surface area (Å²) in [6.45, 7) is 2.06. The van der Waals surface area contributed by atoms with E-state index < -0.39 is 0 Å². The fraction of sp³-hybridized carbons (Fsp3) is 0.917. The van der Waals surface area contributed by atoms with Crippen LogP contribution in [0.25, 0.3) is 0 Å². The van der Waals surface area contributed by atoms with Crippen LogP contribution in [0.5, 0.6) is 0 Å². The molecule has 4 N–H and O–H groups in total. The Kier molecular flexibility index (Phi) is 6.97. The van der Waals surface area contributed by atoms with E-state index in [0.717, 1.165) is 25.4 Å². The predicted octanol–water partition coefficient (Wildman–Crippen LogP) is 2.07. The van der Waals surface area contributed by atoms with E-state index in [2.05, 4.69) is 10.5 Å². The van der Waals surface area contributed by atoms with Crippen LogP contribution in [0.4, 0.5) is 0 Å². The van der Waals surface area contributed by atoms with Crippen LogP contribution in [0, 0.1) is 5.92 Å². The molecule has 0 spiro atoms. The normalized spacial score (nSPS) is 18.1. The minimum Gasteiger partial charge on any atom is -0.409 e. The zero-order valence-electron chi connectivity index (χ0n) is 10.1. The number of nitrogens with zero attached hydrogens (tertiary/aromatic N) is 1. The fourth-order valence-corrected chi connectivity index (χ4v) is 2.38. The van der Waals surface area contributed by atoms with Crippen molar-refractivity contribution < 1.29 is 5.21 Å². The molecule has 0 atom stereocenters. The van der Waals surface area contributed by atoms with Gasteiger partial charge in [-0.2, -0.15) is 0 Å². The third-order valence-corrected chi connectivity index (χ3v) is 3.36. The molecule has 1 fully saturated rings. The number of nitrogens with two attached hydrogens (primary N) is 1. The lowest BCUT2D eigenvalue weighted by Crippen LogP contribution is -2.20. The van der Waals surface area contributed by atoms with E-state index in [1.54, 1.807) is 0 Å². The Labute approximate surface area is 98.3 Å². The maximum absolute atomic E-state index is 8.34. The molecular weight excluding hydrogens is 202 g/mol. The van der Waals surface area contributed by atoms with E-state index in [4.69, 9.17) is 10.9 Å². The van der Waals surface area contributed by atoms with Crippen LogP contribution in [0.3, 0.4) is 0 Å². The van der Waals surface area contributed by atoms with Crippen LogP contribution < -0.4 is 11.1 Å². The Morgan fingerprint density at radius 3 is 2.62 bits per heavy atom. The third kappa shape index (κ3) is 5.95. The van der Waals surface area contributed by atoms with Crippen LogP contribution in [0.2, 0.25) is 0 Å². The van der Waals surface area contributed by atoms with Gasteiger partial charge in [-0.25, -0.2) is 0 Å². The molecule has 1 aliphatic rings. The highest BCUT2D eigenvalue weighted by Gasteiger charge is 2.13. The van der Waals surface area contributed by atoms with Crippen LogP contribution in [-0.2, 0) is 0 Å². The van der Waals surface area contributed by atoms with Gasteiger partial charge in [-0.3, -0.25) is 0 Å². The standard InChI is InChI=1S/C12H25N3O/c13-12(15-16)8-4-10-14-9-3-7-11-5-1-2-6-11/h11,14,16H,1-10H2,(H2,13,15). The zero-order chi connectivity index (χ0) is 11.6. The maximum Gasteiger partial charge on any atom is 0.139 e. The second-order valence-electron chi connectivity index (χ2n) is 4.74. The van der Waals surface area contributed by atoms with Gasteiger partial charge in [0.2, 0.25) is 0 Å². The van der Waals surface area contributed by atoms with E-state index in [1.165, 1.54) is 38.5 Å². The molecule has 0 radical (unpaired) electrons. The van der Waals surface area contributed by atoms with Crippen molar-refractivity contribution in [3.63, 3.8) is 0 Å². The molecule has 0 aromatic heterocycles. The van der Waals surface area contributed by atoms with Gasteiger partial charge in [0.25, 0.3) is 0 Å². The summed E-state index contributed by atoms with van der Waals surface area (Å²) in [6.07, 6.45) is 10.1. The number of rotatable bonds is 8. The van der Waals surface area contributed by atoms with E-state index >= 15 is 0 Å². The first-order valence-electron chi connectivity index (χ1n) is 6.50. The van der Waals surface area contributed by atoms with Crippen LogP contribution >= 0.6 is 0 Å². The average molecular weight is 227 g/mol. The van der Waals surface area contributed by atoms with Gasteiger partial charge in [0, 0.05) is 6.42 Å². The molecule has 0 aromatic rings. The molecule has 0 aliphatic heterocycles. The highest BCUT2D eigenvalue weighted by atomic mass is 16.4. The highest BCUT2D eigenvalue weighted by molar-refractivity contribution is 5.79. The van der Waals surface area contributed by atoms with E-state index in [0.29, 0.717) is 12.3 Å². The minimum absolute atomic E-state index is 0.327. The fourth-order valence-electron chi connectivity index (χ4n) is 2.38. The Morgan fingerprint density at radius 2 is 1.94 bits per heavy atom. The zero-order valence-corrected chi connectivity index (χ0v) is 10.1. The highest BCUT2D eigenvalue weighted by Crippen LogP contribution is 2.28. The monoisotopic (exact) mass is 227 g/mol.